The lowest BCUT2D eigenvalue weighted by molar-refractivity contribution is -0.140. The van der Waals surface area contributed by atoms with Crippen LogP contribution in [0.1, 0.15) is 27.2 Å². The molecule has 2 amide bonds. The molecule has 1 saturated heterocycles. The van der Waals surface area contributed by atoms with Crippen LogP contribution in [0.4, 0.5) is 4.79 Å². The van der Waals surface area contributed by atoms with E-state index in [1.807, 2.05) is 6.92 Å². The van der Waals surface area contributed by atoms with Gasteiger partial charge in [0.15, 0.2) is 9.84 Å². The van der Waals surface area contributed by atoms with Gasteiger partial charge >= 0.3 is 6.03 Å². The van der Waals surface area contributed by atoms with Crippen molar-refractivity contribution in [2.75, 3.05) is 18.6 Å². The highest BCUT2D eigenvalue weighted by atomic mass is 32.2. The molecule has 0 radical (unpaired) electrons. The Balaban J connectivity index is 1.87. The third-order valence-corrected chi connectivity index (χ3v) is 6.41. The van der Waals surface area contributed by atoms with Gasteiger partial charge in [-0.15, -0.1) is 0 Å². The Morgan fingerprint density at radius 2 is 1.95 bits per heavy atom. The summed E-state index contributed by atoms with van der Waals surface area (Å²) in [5, 5.41) is 5.70. The molecule has 1 aliphatic heterocycles. The predicted molar refractivity (Wildman–Crippen MR) is 76.3 cm³/mol. The van der Waals surface area contributed by atoms with Crippen LogP contribution in [0.5, 0.6) is 0 Å². The predicted octanol–water partition coefficient (Wildman–Crippen LogP) is 0.532. The van der Waals surface area contributed by atoms with E-state index in [9.17, 15) is 13.2 Å². The van der Waals surface area contributed by atoms with E-state index in [2.05, 4.69) is 24.5 Å². The molecule has 2 fully saturated rings. The van der Waals surface area contributed by atoms with Crippen LogP contribution in [0, 0.1) is 11.3 Å². The minimum absolute atomic E-state index is 0.0328. The van der Waals surface area contributed by atoms with Crippen LogP contribution >= 0.6 is 0 Å². The van der Waals surface area contributed by atoms with Gasteiger partial charge in [0.2, 0.25) is 0 Å². The van der Waals surface area contributed by atoms with Gasteiger partial charge in [-0.05, 0) is 6.42 Å². The van der Waals surface area contributed by atoms with Crippen molar-refractivity contribution >= 4 is 15.9 Å². The molecule has 0 aromatic rings. The standard InChI is InChI=1S/C13H24N2O4S/c1-8-10(13(2,3)11(8)19-4)15-12(16)14-9-5-6-20(17,18)7-9/h8-11H,5-7H2,1-4H3,(H2,14,15,16)/t8-,9-,10-,11-/m1/s1. The zero-order chi connectivity index (χ0) is 15.1. The number of rotatable bonds is 3. The van der Waals surface area contributed by atoms with Crippen molar-refractivity contribution in [1.29, 1.82) is 0 Å². The fourth-order valence-electron chi connectivity index (χ4n) is 3.70. The lowest BCUT2D eigenvalue weighted by atomic mass is 9.58. The van der Waals surface area contributed by atoms with Crippen molar-refractivity contribution in [3.05, 3.63) is 0 Å². The number of carbonyl (C=O) groups excluding carboxylic acids is 1. The van der Waals surface area contributed by atoms with E-state index in [0.29, 0.717) is 6.42 Å². The van der Waals surface area contributed by atoms with E-state index in [4.69, 9.17) is 4.74 Å². The Morgan fingerprint density at radius 1 is 1.30 bits per heavy atom. The third kappa shape index (κ3) is 2.79. The molecule has 6 nitrogen and oxygen atoms in total. The minimum Gasteiger partial charge on any atom is -0.380 e. The first kappa shape index (κ1) is 15.6. The highest BCUT2D eigenvalue weighted by Crippen LogP contribution is 2.46. The molecule has 4 atom stereocenters. The number of ether oxygens (including phenoxy) is 1. The molecule has 0 aromatic heterocycles. The molecular formula is C13H24N2O4S. The first-order valence-corrected chi connectivity index (χ1v) is 8.80. The van der Waals surface area contributed by atoms with Crippen molar-refractivity contribution in [2.45, 2.75) is 45.4 Å². The maximum atomic E-state index is 12.0. The number of hydrogen-bond acceptors (Lipinski definition) is 4. The minimum atomic E-state index is -2.97. The Labute approximate surface area is 120 Å². The molecule has 1 saturated carbocycles. The van der Waals surface area contributed by atoms with Gasteiger partial charge in [0.1, 0.15) is 0 Å². The van der Waals surface area contributed by atoms with Gasteiger partial charge in [-0.25, -0.2) is 13.2 Å². The van der Waals surface area contributed by atoms with Crippen molar-refractivity contribution in [3.63, 3.8) is 0 Å². The molecule has 116 valence electrons. The monoisotopic (exact) mass is 304 g/mol. The van der Waals surface area contributed by atoms with Crippen molar-refractivity contribution in [3.8, 4) is 0 Å². The lowest BCUT2D eigenvalue weighted by Gasteiger charge is -2.56. The maximum Gasteiger partial charge on any atom is 0.315 e. The van der Waals surface area contributed by atoms with Crippen LogP contribution < -0.4 is 10.6 Å². The number of hydrogen-bond donors (Lipinski definition) is 2. The van der Waals surface area contributed by atoms with Gasteiger partial charge in [-0.2, -0.15) is 0 Å². The van der Waals surface area contributed by atoms with Crippen molar-refractivity contribution < 1.29 is 17.9 Å². The second-order valence-electron chi connectivity index (χ2n) is 6.53. The first-order chi connectivity index (χ1) is 9.17. The summed E-state index contributed by atoms with van der Waals surface area (Å²) in [5.41, 5.74) is -0.118. The van der Waals surface area contributed by atoms with Crippen molar-refractivity contribution in [2.24, 2.45) is 11.3 Å². The van der Waals surface area contributed by atoms with Crippen LogP contribution in [0.2, 0.25) is 0 Å². The molecule has 20 heavy (non-hydrogen) atoms. The first-order valence-electron chi connectivity index (χ1n) is 6.97. The smallest absolute Gasteiger partial charge is 0.315 e. The summed E-state index contributed by atoms with van der Waals surface area (Å²) in [5.74, 6) is 0.452. The summed E-state index contributed by atoms with van der Waals surface area (Å²) in [6.07, 6.45) is 0.625. The Hall–Kier alpha value is -0.820. The van der Waals surface area contributed by atoms with Gasteiger partial charge in [-0.3, -0.25) is 0 Å². The van der Waals surface area contributed by atoms with Gasteiger partial charge in [0, 0.05) is 30.5 Å². The molecule has 7 heteroatoms. The van der Waals surface area contributed by atoms with Crippen LogP contribution in [-0.4, -0.2) is 51.3 Å². The number of amides is 2. The summed E-state index contributed by atoms with van der Waals surface area (Å²) in [7, 11) is -1.29. The molecule has 2 aliphatic rings. The number of urea groups is 1. The summed E-state index contributed by atoms with van der Waals surface area (Å²) in [6.45, 7) is 6.17. The molecule has 1 heterocycles. The number of nitrogens with one attached hydrogen (secondary N) is 2. The van der Waals surface area contributed by atoms with Gasteiger partial charge in [0.05, 0.1) is 17.6 Å². The Kier molecular flexibility index (Phi) is 4.03. The topological polar surface area (TPSA) is 84.5 Å². The quantitative estimate of drug-likeness (QED) is 0.796. The van der Waals surface area contributed by atoms with E-state index in [1.54, 1.807) is 7.11 Å². The van der Waals surface area contributed by atoms with Gasteiger partial charge in [-0.1, -0.05) is 20.8 Å². The molecule has 1 aliphatic carbocycles. The summed E-state index contributed by atoms with van der Waals surface area (Å²) in [6, 6.07) is -0.520. The van der Waals surface area contributed by atoms with E-state index >= 15 is 0 Å². The van der Waals surface area contributed by atoms with E-state index in [1.165, 1.54) is 0 Å². The fraction of sp³-hybridized carbons (Fsp3) is 0.923. The van der Waals surface area contributed by atoms with Crippen LogP contribution in [0.15, 0.2) is 0 Å². The highest BCUT2D eigenvalue weighted by molar-refractivity contribution is 7.91. The average Bonchev–Trinajstić information content (AvgIpc) is 2.66. The molecule has 0 spiro atoms. The van der Waals surface area contributed by atoms with Gasteiger partial charge < -0.3 is 15.4 Å². The maximum absolute atomic E-state index is 12.0. The number of methoxy groups -OCH3 is 1. The van der Waals surface area contributed by atoms with Gasteiger partial charge in [0.25, 0.3) is 0 Å². The normalized spacial score (nSPS) is 38.0. The van der Waals surface area contributed by atoms with Crippen LogP contribution in [0.3, 0.4) is 0 Å². The fourth-order valence-corrected chi connectivity index (χ4v) is 5.37. The zero-order valence-electron chi connectivity index (χ0n) is 12.5. The molecular weight excluding hydrogens is 280 g/mol. The summed E-state index contributed by atoms with van der Waals surface area (Å²) >= 11 is 0. The van der Waals surface area contributed by atoms with E-state index in [0.717, 1.165) is 0 Å². The second-order valence-corrected chi connectivity index (χ2v) is 8.76. The molecule has 0 bridgehead atoms. The molecule has 2 N–H and O–H groups in total. The largest absolute Gasteiger partial charge is 0.380 e. The highest BCUT2D eigenvalue weighted by Gasteiger charge is 2.55. The molecule has 0 unspecified atom stereocenters. The van der Waals surface area contributed by atoms with E-state index in [-0.39, 0.29) is 47.1 Å². The zero-order valence-corrected chi connectivity index (χ0v) is 13.3. The Morgan fingerprint density at radius 3 is 2.40 bits per heavy atom. The van der Waals surface area contributed by atoms with Crippen molar-refractivity contribution in [1.82, 2.24) is 10.6 Å². The molecule has 0 aromatic carbocycles. The SMILES string of the molecule is CO[C@@H]1[C@H](C)[C@@H](NC(=O)N[C@@H]2CCS(=O)(=O)C2)C1(C)C. The second kappa shape index (κ2) is 5.18. The number of sulfone groups is 1. The lowest BCUT2D eigenvalue weighted by Crippen LogP contribution is -2.69. The van der Waals surface area contributed by atoms with Crippen LogP contribution in [-0.2, 0) is 14.6 Å². The average molecular weight is 304 g/mol. The summed E-state index contributed by atoms with van der Waals surface area (Å²) < 4.78 is 28.2. The summed E-state index contributed by atoms with van der Waals surface area (Å²) in [4.78, 5) is 12.0. The number of carbonyl (C=O) groups is 1. The van der Waals surface area contributed by atoms with Crippen LogP contribution in [0.25, 0.3) is 0 Å². The Bertz CT molecular complexity index is 489. The molecule has 2 rings (SSSR count). The van der Waals surface area contributed by atoms with E-state index < -0.39 is 9.84 Å². The third-order valence-electron chi connectivity index (χ3n) is 4.65.